The van der Waals surface area contributed by atoms with Gasteiger partial charge in [0.1, 0.15) is 17.6 Å². The summed E-state index contributed by atoms with van der Waals surface area (Å²) in [5.41, 5.74) is 7.18. The van der Waals surface area contributed by atoms with Gasteiger partial charge in [-0.3, -0.25) is 19.0 Å². The molecule has 222 valence electrons. The molecule has 4 aromatic rings. The molecular weight excluding hydrogens is 561 g/mol. The van der Waals surface area contributed by atoms with Crippen LogP contribution in [-0.2, 0) is 0 Å². The van der Waals surface area contributed by atoms with Crippen molar-refractivity contribution in [2.75, 3.05) is 45.0 Å². The van der Waals surface area contributed by atoms with Gasteiger partial charge in [0.15, 0.2) is 23.0 Å². The molecule has 0 atom stereocenters. The lowest BCUT2D eigenvalue weighted by Gasteiger charge is -2.46. The van der Waals surface area contributed by atoms with Crippen molar-refractivity contribution >= 4 is 29.4 Å². The fraction of sp³-hybridized carbons (Fsp3) is 0.448. The van der Waals surface area contributed by atoms with Crippen molar-refractivity contribution in [1.29, 1.82) is 0 Å². The van der Waals surface area contributed by atoms with E-state index in [1.807, 2.05) is 0 Å². The standard InChI is InChI=1S/C29H34FN9O2.ClH/c30-24-15-21(1-2-25(24)41-23-3-9-32-10-4-23)38-26-27(31)34-18-35-28(26)39(29(38)40)20-7-13-36(14-8-20)19-5-11-37(12-6-19)22-16-33-17-22;/h1-4,9-10,15,18-20,22,33H,5-8,11-14,16-17H2,(H2,31,34,35);1H. The fourth-order valence-electron chi connectivity index (χ4n) is 6.54. The van der Waals surface area contributed by atoms with E-state index in [4.69, 9.17) is 10.5 Å². The van der Waals surface area contributed by atoms with Crippen molar-refractivity contribution < 1.29 is 9.13 Å². The second-order valence-electron chi connectivity index (χ2n) is 11.2. The number of nitrogen functional groups attached to an aromatic ring is 1. The number of rotatable bonds is 6. The molecule has 42 heavy (non-hydrogen) atoms. The third kappa shape index (κ3) is 5.24. The first-order valence-electron chi connectivity index (χ1n) is 14.4. The molecule has 11 nitrogen and oxygen atoms in total. The lowest BCUT2D eigenvalue weighted by Crippen LogP contribution is -2.60. The maximum absolute atomic E-state index is 15.2. The quantitative estimate of drug-likeness (QED) is 0.347. The van der Waals surface area contributed by atoms with Gasteiger partial charge >= 0.3 is 5.69 Å². The zero-order valence-electron chi connectivity index (χ0n) is 23.2. The number of halogens is 2. The molecule has 1 aromatic carbocycles. The number of hydrogen-bond donors (Lipinski definition) is 2. The summed E-state index contributed by atoms with van der Waals surface area (Å²) in [5.74, 6) is 0.0822. The molecule has 3 aliphatic rings. The number of nitrogens with two attached hydrogens (primary N) is 1. The monoisotopic (exact) mass is 595 g/mol. The first kappa shape index (κ1) is 28.5. The number of piperidine rings is 2. The maximum atomic E-state index is 15.2. The average molecular weight is 596 g/mol. The highest BCUT2D eigenvalue weighted by atomic mass is 35.5. The number of aromatic nitrogens is 5. The van der Waals surface area contributed by atoms with E-state index in [0.717, 1.165) is 52.1 Å². The number of ether oxygens (including phenoxy) is 1. The summed E-state index contributed by atoms with van der Waals surface area (Å²) in [4.78, 5) is 31.7. The number of benzene rings is 1. The number of imidazole rings is 1. The van der Waals surface area contributed by atoms with Crippen LogP contribution in [0.4, 0.5) is 10.2 Å². The molecule has 0 radical (unpaired) electrons. The van der Waals surface area contributed by atoms with Crippen molar-refractivity contribution in [3.63, 3.8) is 0 Å². The van der Waals surface area contributed by atoms with Gasteiger partial charge < -0.3 is 20.7 Å². The van der Waals surface area contributed by atoms with Crippen LogP contribution >= 0.6 is 12.4 Å². The van der Waals surface area contributed by atoms with E-state index in [2.05, 4.69) is 30.1 Å². The third-order valence-corrected chi connectivity index (χ3v) is 8.89. The van der Waals surface area contributed by atoms with E-state index < -0.39 is 5.82 Å². The van der Waals surface area contributed by atoms with Crippen LogP contribution in [0.25, 0.3) is 16.9 Å². The van der Waals surface area contributed by atoms with Gasteiger partial charge in [-0.2, -0.15) is 0 Å². The van der Waals surface area contributed by atoms with Gasteiger partial charge in [-0.25, -0.2) is 19.2 Å². The molecule has 3 aliphatic heterocycles. The molecule has 3 saturated heterocycles. The van der Waals surface area contributed by atoms with Crippen molar-refractivity contribution in [2.45, 2.75) is 43.8 Å². The third-order valence-electron chi connectivity index (χ3n) is 8.89. The highest BCUT2D eigenvalue weighted by Gasteiger charge is 2.34. The maximum Gasteiger partial charge on any atom is 0.335 e. The van der Waals surface area contributed by atoms with Crippen molar-refractivity contribution in [2.24, 2.45) is 0 Å². The van der Waals surface area contributed by atoms with E-state index in [9.17, 15) is 4.79 Å². The van der Waals surface area contributed by atoms with Gasteiger partial charge in [0, 0.05) is 75.9 Å². The summed E-state index contributed by atoms with van der Waals surface area (Å²) in [5, 5.41) is 3.38. The lowest BCUT2D eigenvalue weighted by molar-refractivity contribution is 0.0502. The summed E-state index contributed by atoms with van der Waals surface area (Å²) in [7, 11) is 0. The molecule has 0 spiro atoms. The van der Waals surface area contributed by atoms with Gasteiger partial charge in [0.2, 0.25) is 0 Å². The number of fused-ring (bicyclic) bond motifs is 1. The summed E-state index contributed by atoms with van der Waals surface area (Å²) in [6.45, 7) is 6.39. The molecule has 0 unspecified atom stereocenters. The lowest BCUT2D eigenvalue weighted by atomic mass is 9.96. The van der Waals surface area contributed by atoms with Crippen LogP contribution in [0.3, 0.4) is 0 Å². The van der Waals surface area contributed by atoms with E-state index in [-0.39, 0.29) is 35.7 Å². The Bertz CT molecular complexity index is 1590. The van der Waals surface area contributed by atoms with Crippen LogP contribution in [0.2, 0.25) is 0 Å². The Balaban J connectivity index is 0.00000316. The number of anilines is 1. The molecule has 0 aliphatic carbocycles. The Hall–Kier alpha value is -3.58. The molecule has 3 aromatic heterocycles. The Morgan fingerprint density at radius 1 is 0.905 bits per heavy atom. The first-order valence-corrected chi connectivity index (χ1v) is 14.4. The fourth-order valence-corrected chi connectivity index (χ4v) is 6.54. The smallest absolute Gasteiger partial charge is 0.335 e. The number of nitrogens with zero attached hydrogens (tertiary/aromatic N) is 7. The highest BCUT2D eigenvalue weighted by molar-refractivity contribution is 5.85. The highest BCUT2D eigenvalue weighted by Crippen LogP contribution is 2.32. The van der Waals surface area contributed by atoms with Crippen molar-refractivity contribution in [3.8, 4) is 17.2 Å². The number of likely N-dealkylation sites (tertiary alicyclic amines) is 2. The van der Waals surface area contributed by atoms with Crippen LogP contribution in [0, 0.1) is 5.82 Å². The summed E-state index contributed by atoms with van der Waals surface area (Å²) in [6, 6.07) is 8.99. The minimum absolute atomic E-state index is 0. The normalized spacial score (nSPS) is 19.5. The minimum Gasteiger partial charge on any atom is -0.454 e. The molecule has 3 fully saturated rings. The molecule has 3 N–H and O–H groups in total. The van der Waals surface area contributed by atoms with E-state index >= 15 is 4.39 Å². The van der Waals surface area contributed by atoms with E-state index in [1.165, 1.54) is 35.9 Å². The van der Waals surface area contributed by atoms with Gasteiger partial charge in [-0.15, -0.1) is 12.4 Å². The molecule has 13 heteroatoms. The van der Waals surface area contributed by atoms with Crippen LogP contribution < -0.4 is 21.5 Å². The van der Waals surface area contributed by atoms with Crippen LogP contribution in [0.15, 0.2) is 53.8 Å². The summed E-state index contributed by atoms with van der Waals surface area (Å²) >= 11 is 0. The Morgan fingerprint density at radius 2 is 1.57 bits per heavy atom. The zero-order valence-corrected chi connectivity index (χ0v) is 24.0. The topological polar surface area (TPSA) is 119 Å². The van der Waals surface area contributed by atoms with Gasteiger partial charge in [0.05, 0.1) is 5.69 Å². The molecular formula is C29H35ClFN9O2. The second-order valence-corrected chi connectivity index (χ2v) is 11.2. The predicted molar refractivity (Wildman–Crippen MR) is 160 cm³/mol. The molecule has 6 heterocycles. The van der Waals surface area contributed by atoms with E-state index in [1.54, 1.807) is 35.2 Å². The number of nitrogens with one attached hydrogen (secondary N) is 1. The van der Waals surface area contributed by atoms with Crippen molar-refractivity contribution in [1.82, 2.24) is 39.2 Å². The zero-order chi connectivity index (χ0) is 27.9. The first-order chi connectivity index (χ1) is 20.1. The van der Waals surface area contributed by atoms with Gasteiger partial charge in [-0.05, 0) is 49.9 Å². The van der Waals surface area contributed by atoms with Crippen LogP contribution in [0.1, 0.15) is 31.7 Å². The SMILES string of the molecule is Cl.Nc1ncnc2c1n(-c1ccc(Oc3ccncc3)c(F)c1)c(=O)n2C1CCN(C2CCN(C3CNC3)CC2)CC1. The molecule has 0 saturated carbocycles. The second kappa shape index (κ2) is 12.0. The van der Waals surface area contributed by atoms with E-state index in [0.29, 0.717) is 34.7 Å². The molecule has 0 bridgehead atoms. The largest absolute Gasteiger partial charge is 0.454 e. The number of hydrogen-bond acceptors (Lipinski definition) is 9. The summed E-state index contributed by atoms with van der Waals surface area (Å²) < 4.78 is 24.0. The Kier molecular flexibility index (Phi) is 8.13. The average Bonchev–Trinajstić information content (AvgIpc) is 3.27. The van der Waals surface area contributed by atoms with Crippen LogP contribution in [0.5, 0.6) is 11.5 Å². The van der Waals surface area contributed by atoms with Crippen molar-refractivity contribution in [3.05, 3.63) is 65.4 Å². The van der Waals surface area contributed by atoms with Gasteiger partial charge in [0.25, 0.3) is 0 Å². The molecule has 0 amide bonds. The van der Waals surface area contributed by atoms with Gasteiger partial charge in [-0.1, -0.05) is 0 Å². The predicted octanol–water partition coefficient (Wildman–Crippen LogP) is 2.99. The molecule has 7 rings (SSSR count). The summed E-state index contributed by atoms with van der Waals surface area (Å²) in [6.07, 6.45) is 8.57. The minimum atomic E-state index is -0.601. The Morgan fingerprint density at radius 3 is 2.21 bits per heavy atom. The van der Waals surface area contributed by atoms with Crippen LogP contribution in [-0.4, -0.2) is 85.2 Å². The Labute approximate surface area is 248 Å². The number of pyridine rings is 1.